The Balaban J connectivity index is 1.93. The summed E-state index contributed by atoms with van der Waals surface area (Å²) in [6, 6.07) is 0. The fraction of sp³-hybridized carbons (Fsp3) is 0.667. The van der Waals surface area contributed by atoms with Crippen LogP contribution in [0.1, 0.15) is 37.1 Å². The number of nitrogens with zero attached hydrogens (tertiary/aromatic N) is 2. The summed E-state index contributed by atoms with van der Waals surface area (Å²) in [4.78, 5) is 8.51. The summed E-state index contributed by atoms with van der Waals surface area (Å²) in [5, 5.41) is 10.7. The average molecular weight is 220 g/mol. The SMILES string of the molecule is Cc1cncc(C2(O)CC3CCC(C2)O3)n1. The monoisotopic (exact) mass is 220 g/mol. The molecule has 0 spiro atoms. The minimum absolute atomic E-state index is 0.200. The number of aliphatic hydroxyl groups is 1. The first-order valence-corrected chi connectivity index (χ1v) is 5.83. The molecule has 0 aliphatic carbocycles. The molecule has 0 aromatic carbocycles. The number of hydrogen-bond acceptors (Lipinski definition) is 4. The molecule has 2 aliphatic rings. The van der Waals surface area contributed by atoms with E-state index in [1.165, 1.54) is 0 Å². The predicted octanol–water partition coefficient (Wildman–Crippen LogP) is 1.31. The predicted molar refractivity (Wildman–Crippen MR) is 57.8 cm³/mol. The van der Waals surface area contributed by atoms with Crippen molar-refractivity contribution in [3.05, 3.63) is 23.8 Å². The molecular formula is C12H16N2O2. The molecule has 0 saturated carbocycles. The summed E-state index contributed by atoms with van der Waals surface area (Å²) >= 11 is 0. The average Bonchev–Trinajstić information content (AvgIpc) is 2.59. The number of aryl methyl sites for hydroxylation is 1. The van der Waals surface area contributed by atoms with Crippen LogP contribution in [0.2, 0.25) is 0 Å². The van der Waals surface area contributed by atoms with Gasteiger partial charge < -0.3 is 9.84 Å². The van der Waals surface area contributed by atoms with Gasteiger partial charge in [0.1, 0.15) is 5.60 Å². The van der Waals surface area contributed by atoms with Crippen molar-refractivity contribution in [2.45, 2.75) is 50.4 Å². The van der Waals surface area contributed by atoms with Crippen molar-refractivity contribution >= 4 is 0 Å². The zero-order chi connectivity index (χ0) is 11.2. The first-order chi connectivity index (χ1) is 7.66. The molecule has 4 nitrogen and oxygen atoms in total. The molecule has 2 fully saturated rings. The van der Waals surface area contributed by atoms with Gasteiger partial charge in [-0.15, -0.1) is 0 Å². The Labute approximate surface area is 94.7 Å². The van der Waals surface area contributed by atoms with E-state index < -0.39 is 5.60 Å². The summed E-state index contributed by atoms with van der Waals surface area (Å²) in [5.41, 5.74) is 0.723. The van der Waals surface area contributed by atoms with Gasteiger partial charge in [0, 0.05) is 19.0 Å². The Morgan fingerprint density at radius 2 is 2.00 bits per heavy atom. The molecule has 2 atom stereocenters. The van der Waals surface area contributed by atoms with Gasteiger partial charge in [-0.2, -0.15) is 0 Å². The molecule has 1 aromatic rings. The smallest absolute Gasteiger partial charge is 0.113 e. The number of ether oxygens (including phenoxy) is 1. The van der Waals surface area contributed by atoms with E-state index in [0.29, 0.717) is 18.5 Å². The third-order valence-electron chi connectivity index (χ3n) is 3.56. The van der Waals surface area contributed by atoms with Crippen molar-refractivity contribution < 1.29 is 9.84 Å². The molecule has 1 aromatic heterocycles. The van der Waals surface area contributed by atoms with Crippen molar-refractivity contribution in [3.8, 4) is 0 Å². The highest BCUT2D eigenvalue weighted by molar-refractivity contribution is 5.14. The van der Waals surface area contributed by atoms with Crippen molar-refractivity contribution in [1.29, 1.82) is 0 Å². The van der Waals surface area contributed by atoms with E-state index in [1.807, 2.05) is 6.92 Å². The molecule has 2 aliphatic heterocycles. The first kappa shape index (κ1) is 10.2. The van der Waals surface area contributed by atoms with Crippen LogP contribution >= 0.6 is 0 Å². The van der Waals surface area contributed by atoms with E-state index in [9.17, 15) is 5.11 Å². The molecule has 2 saturated heterocycles. The second-order valence-electron chi connectivity index (χ2n) is 4.94. The maximum Gasteiger partial charge on any atom is 0.113 e. The van der Waals surface area contributed by atoms with Gasteiger partial charge in [0.15, 0.2) is 0 Å². The molecule has 16 heavy (non-hydrogen) atoms. The second kappa shape index (κ2) is 3.50. The molecule has 0 amide bonds. The lowest BCUT2D eigenvalue weighted by molar-refractivity contribution is -0.117. The zero-order valence-electron chi connectivity index (χ0n) is 9.39. The zero-order valence-corrected chi connectivity index (χ0v) is 9.39. The van der Waals surface area contributed by atoms with Gasteiger partial charge in [-0.1, -0.05) is 0 Å². The number of aromatic nitrogens is 2. The summed E-state index contributed by atoms with van der Waals surface area (Å²) < 4.78 is 5.74. The van der Waals surface area contributed by atoms with Crippen molar-refractivity contribution in [2.75, 3.05) is 0 Å². The van der Waals surface area contributed by atoms with E-state index in [2.05, 4.69) is 9.97 Å². The molecule has 2 bridgehead atoms. The number of hydrogen-bond donors (Lipinski definition) is 1. The highest BCUT2D eigenvalue weighted by Crippen LogP contribution is 2.43. The maximum atomic E-state index is 10.7. The van der Waals surface area contributed by atoms with Crippen LogP contribution in [0, 0.1) is 6.92 Å². The summed E-state index contributed by atoms with van der Waals surface area (Å²) in [5.74, 6) is 0. The summed E-state index contributed by atoms with van der Waals surface area (Å²) in [6.07, 6.45) is 7.22. The topological polar surface area (TPSA) is 55.2 Å². The Morgan fingerprint density at radius 3 is 2.62 bits per heavy atom. The van der Waals surface area contributed by atoms with Crippen LogP contribution in [-0.2, 0) is 10.3 Å². The quantitative estimate of drug-likeness (QED) is 0.775. The van der Waals surface area contributed by atoms with Crippen LogP contribution < -0.4 is 0 Å². The molecule has 3 rings (SSSR count). The van der Waals surface area contributed by atoms with Crippen molar-refractivity contribution in [3.63, 3.8) is 0 Å². The van der Waals surface area contributed by atoms with E-state index in [4.69, 9.17) is 4.74 Å². The first-order valence-electron chi connectivity index (χ1n) is 5.83. The van der Waals surface area contributed by atoms with Crippen LogP contribution in [0.3, 0.4) is 0 Å². The molecule has 4 heteroatoms. The van der Waals surface area contributed by atoms with Crippen LogP contribution in [0.15, 0.2) is 12.4 Å². The minimum Gasteiger partial charge on any atom is -0.383 e. The third kappa shape index (κ3) is 1.62. The van der Waals surface area contributed by atoms with Crippen LogP contribution in [-0.4, -0.2) is 27.3 Å². The largest absolute Gasteiger partial charge is 0.383 e. The fourth-order valence-corrected chi connectivity index (χ4v) is 2.81. The number of rotatable bonds is 1. The Bertz CT molecular complexity index is 396. The minimum atomic E-state index is -0.830. The molecule has 1 N–H and O–H groups in total. The van der Waals surface area contributed by atoms with Gasteiger partial charge in [-0.3, -0.25) is 9.97 Å². The Kier molecular flexibility index (Phi) is 2.23. The van der Waals surface area contributed by atoms with Gasteiger partial charge in [-0.05, 0) is 19.8 Å². The van der Waals surface area contributed by atoms with Gasteiger partial charge in [-0.25, -0.2) is 0 Å². The fourth-order valence-electron chi connectivity index (χ4n) is 2.81. The van der Waals surface area contributed by atoms with Crippen LogP contribution in [0.25, 0.3) is 0 Å². The lowest BCUT2D eigenvalue weighted by atomic mass is 9.87. The van der Waals surface area contributed by atoms with Crippen molar-refractivity contribution in [1.82, 2.24) is 9.97 Å². The van der Waals surface area contributed by atoms with E-state index in [0.717, 1.165) is 18.5 Å². The lowest BCUT2D eigenvalue weighted by Gasteiger charge is -2.35. The normalized spacial score (nSPS) is 37.6. The van der Waals surface area contributed by atoms with Gasteiger partial charge in [0.05, 0.1) is 29.8 Å². The molecule has 3 heterocycles. The molecule has 2 unspecified atom stereocenters. The van der Waals surface area contributed by atoms with Crippen molar-refractivity contribution in [2.24, 2.45) is 0 Å². The van der Waals surface area contributed by atoms with Gasteiger partial charge in [0.2, 0.25) is 0 Å². The summed E-state index contributed by atoms with van der Waals surface area (Å²) in [6.45, 7) is 1.90. The standard InChI is InChI=1S/C12H16N2O2/c1-8-6-13-7-11(14-8)12(15)4-9-2-3-10(5-12)16-9/h6-7,9-10,15H,2-5H2,1H3. The maximum absolute atomic E-state index is 10.7. The van der Waals surface area contributed by atoms with Gasteiger partial charge >= 0.3 is 0 Å². The molecular weight excluding hydrogens is 204 g/mol. The highest BCUT2D eigenvalue weighted by atomic mass is 16.5. The van der Waals surface area contributed by atoms with Crippen LogP contribution in [0.4, 0.5) is 0 Å². The second-order valence-corrected chi connectivity index (χ2v) is 4.94. The number of fused-ring (bicyclic) bond motifs is 2. The Morgan fingerprint density at radius 1 is 1.31 bits per heavy atom. The van der Waals surface area contributed by atoms with E-state index >= 15 is 0 Å². The van der Waals surface area contributed by atoms with E-state index in [1.54, 1.807) is 12.4 Å². The molecule has 86 valence electrons. The van der Waals surface area contributed by atoms with E-state index in [-0.39, 0.29) is 12.2 Å². The van der Waals surface area contributed by atoms with Crippen LogP contribution in [0.5, 0.6) is 0 Å². The highest BCUT2D eigenvalue weighted by Gasteiger charge is 2.45. The lowest BCUT2D eigenvalue weighted by Crippen LogP contribution is -2.39. The van der Waals surface area contributed by atoms with Gasteiger partial charge in [0.25, 0.3) is 0 Å². The Hall–Kier alpha value is -1.00. The molecule has 0 radical (unpaired) electrons. The third-order valence-corrected chi connectivity index (χ3v) is 3.56. The summed E-state index contributed by atoms with van der Waals surface area (Å²) in [7, 11) is 0.